The van der Waals surface area contributed by atoms with E-state index in [0.717, 1.165) is 0 Å². The fourth-order valence-electron chi connectivity index (χ4n) is 1.01. The van der Waals surface area contributed by atoms with Crippen molar-refractivity contribution >= 4 is 23.3 Å². The molecule has 0 atom stereocenters. The Bertz CT molecular complexity index is 379. The lowest BCUT2D eigenvalue weighted by molar-refractivity contribution is -0.115. The van der Waals surface area contributed by atoms with Gasteiger partial charge in [-0.05, 0) is 26.0 Å². The van der Waals surface area contributed by atoms with Crippen LogP contribution in [0.4, 0.5) is 5.82 Å². The molecule has 0 aromatic carbocycles. The summed E-state index contributed by atoms with van der Waals surface area (Å²) in [6.45, 7) is 3.68. The van der Waals surface area contributed by atoms with Crippen molar-refractivity contribution in [2.45, 2.75) is 19.4 Å². The molecule has 0 saturated heterocycles. The molecule has 1 aromatic heterocycles. The molecule has 0 aliphatic carbocycles. The Labute approximate surface area is 105 Å². The van der Waals surface area contributed by atoms with Crippen LogP contribution in [0.3, 0.4) is 0 Å². The topological polar surface area (TPSA) is 74.2 Å². The van der Waals surface area contributed by atoms with Gasteiger partial charge in [-0.25, -0.2) is 4.98 Å². The third-order valence-electron chi connectivity index (χ3n) is 2.12. The average Bonchev–Trinajstić information content (AvgIpc) is 2.30. The minimum atomic E-state index is -0.481. The SMILES string of the molecule is CC(C)(CO)NCC(=O)Nc1ccc(Cl)cn1. The van der Waals surface area contributed by atoms with Gasteiger partial charge in [0.2, 0.25) is 5.91 Å². The summed E-state index contributed by atoms with van der Waals surface area (Å²) < 4.78 is 0. The molecule has 17 heavy (non-hydrogen) atoms. The summed E-state index contributed by atoms with van der Waals surface area (Å²) in [5.41, 5.74) is -0.481. The monoisotopic (exact) mass is 257 g/mol. The number of rotatable bonds is 5. The molecule has 1 rings (SSSR count). The van der Waals surface area contributed by atoms with E-state index in [1.54, 1.807) is 26.0 Å². The minimum Gasteiger partial charge on any atom is -0.394 e. The summed E-state index contributed by atoms with van der Waals surface area (Å²) in [6, 6.07) is 3.27. The van der Waals surface area contributed by atoms with Gasteiger partial charge in [-0.15, -0.1) is 0 Å². The van der Waals surface area contributed by atoms with Crippen molar-refractivity contribution in [3.8, 4) is 0 Å². The van der Waals surface area contributed by atoms with Crippen LogP contribution < -0.4 is 10.6 Å². The van der Waals surface area contributed by atoms with Crippen molar-refractivity contribution in [2.24, 2.45) is 0 Å². The Hall–Kier alpha value is -1.17. The number of halogens is 1. The molecule has 5 nitrogen and oxygen atoms in total. The highest BCUT2D eigenvalue weighted by atomic mass is 35.5. The Balaban J connectivity index is 2.42. The van der Waals surface area contributed by atoms with Gasteiger partial charge in [-0.1, -0.05) is 11.6 Å². The number of nitrogens with one attached hydrogen (secondary N) is 2. The number of carbonyl (C=O) groups excluding carboxylic acids is 1. The van der Waals surface area contributed by atoms with E-state index in [1.807, 2.05) is 0 Å². The Morgan fingerprint density at radius 1 is 1.53 bits per heavy atom. The summed E-state index contributed by atoms with van der Waals surface area (Å²) in [5, 5.41) is 15.1. The molecule has 0 saturated carbocycles. The molecule has 0 aliphatic heterocycles. The highest BCUT2D eigenvalue weighted by Crippen LogP contribution is 2.09. The zero-order chi connectivity index (χ0) is 12.9. The molecule has 1 aromatic rings. The Kier molecular flexibility index (Phi) is 4.86. The van der Waals surface area contributed by atoms with Gasteiger partial charge in [-0.3, -0.25) is 4.79 Å². The number of aromatic nitrogens is 1. The quantitative estimate of drug-likeness (QED) is 0.737. The first-order valence-corrected chi connectivity index (χ1v) is 5.58. The van der Waals surface area contributed by atoms with Crippen LogP contribution in [0.5, 0.6) is 0 Å². The van der Waals surface area contributed by atoms with E-state index in [2.05, 4.69) is 15.6 Å². The molecular weight excluding hydrogens is 242 g/mol. The Morgan fingerprint density at radius 2 is 2.24 bits per heavy atom. The summed E-state index contributed by atoms with van der Waals surface area (Å²) in [7, 11) is 0. The van der Waals surface area contributed by atoms with Gasteiger partial charge in [0, 0.05) is 11.7 Å². The van der Waals surface area contributed by atoms with E-state index < -0.39 is 5.54 Å². The first kappa shape index (κ1) is 13.9. The van der Waals surface area contributed by atoms with E-state index in [0.29, 0.717) is 10.8 Å². The predicted octanol–water partition coefficient (Wildman–Crippen LogP) is 1.03. The van der Waals surface area contributed by atoms with Crippen LogP contribution in [-0.4, -0.2) is 34.7 Å². The minimum absolute atomic E-state index is 0.0422. The second-order valence-electron chi connectivity index (χ2n) is 4.31. The van der Waals surface area contributed by atoms with Gasteiger partial charge in [0.05, 0.1) is 18.2 Å². The fraction of sp³-hybridized carbons (Fsp3) is 0.455. The molecule has 0 unspecified atom stereocenters. The number of anilines is 1. The highest BCUT2D eigenvalue weighted by Gasteiger charge is 2.16. The van der Waals surface area contributed by atoms with Crippen LogP contribution in [0, 0.1) is 0 Å². The summed E-state index contributed by atoms with van der Waals surface area (Å²) in [6.07, 6.45) is 1.46. The molecule has 3 N–H and O–H groups in total. The molecule has 0 spiro atoms. The largest absolute Gasteiger partial charge is 0.394 e. The lowest BCUT2D eigenvalue weighted by atomic mass is 10.1. The first-order chi connectivity index (χ1) is 7.93. The fourth-order valence-corrected chi connectivity index (χ4v) is 1.12. The van der Waals surface area contributed by atoms with Gasteiger partial charge >= 0.3 is 0 Å². The number of carbonyl (C=O) groups is 1. The van der Waals surface area contributed by atoms with Crippen LogP contribution in [-0.2, 0) is 4.79 Å². The van der Waals surface area contributed by atoms with Crippen molar-refractivity contribution < 1.29 is 9.90 Å². The van der Waals surface area contributed by atoms with E-state index >= 15 is 0 Å². The van der Waals surface area contributed by atoms with E-state index in [-0.39, 0.29) is 19.1 Å². The smallest absolute Gasteiger partial charge is 0.239 e. The van der Waals surface area contributed by atoms with Crippen molar-refractivity contribution in [1.82, 2.24) is 10.3 Å². The lowest BCUT2D eigenvalue weighted by Gasteiger charge is -2.22. The van der Waals surface area contributed by atoms with Crippen molar-refractivity contribution in [3.63, 3.8) is 0 Å². The van der Waals surface area contributed by atoms with Gasteiger partial charge in [0.25, 0.3) is 0 Å². The maximum atomic E-state index is 11.5. The van der Waals surface area contributed by atoms with E-state index in [9.17, 15) is 4.79 Å². The molecular formula is C11H16ClN3O2. The second-order valence-corrected chi connectivity index (χ2v) is 4.74. The summed E-state index contributed by atoms with van der Waals surface area (Å²) in [5.74, 6) is 0.226. The van der Waals surface area contributed by atoms with Crippen molar-refractivity contribution in [2.75, 3.05) is 18.5 Å². The number of amides is 1. The van der Waals surface area contributed by atoms with E-state index in [1.165, 1.54) is 6.20 Å². The molecule has 0 bridgehead atoms. The maximum Gasteiger partial charge on any atom is 0.239 e. The number of hydrogen-bond donors (Lipinski definition) is 3. The molecule has 0 radical (unpaired) electrons. The number of nitrogens with zero attached hydrogens (tertiary/aromatic N) is 1. The van der Waals surface area contributed by atoms with Crippen molar-refractivity contribution in [1.29, 1.82) is 0 Å². The molecule has 0 fully saturated rings. The highest BCUT2D eigenvalue weighted by molar-refractivity contribution is 6.30. The van der Waals surface area contributed by atoms with Crippen LogP contribution in [0.1, 0.15) is 13.8 Å². The van der Waals surface area contributed by atoms with Crippen LogP contribution in [0.25, 0.3) is 0 Å². The van der Waals surface area contributed by atoms with E-state index in [4.69, 9.17) is 16.7 Å². The molecule has 94 valence electrons. The number of pyridine rings is 1. The standard InChI is InChI=1S/C11H16ClN3O2/c1-11(2,7-16)14-6-10(17)15-9-4-3-8(12)5-13-9/h3-5,14,16H,6-7H2,1-2H3,(H,13,15,17). The number of aliphatic hydroxyl groups excluding tert-OH is 1. The Morgan fingerprint density at radius 3 is 2.76 bits per heavy atom. The predicted molar refractivity (Wildman–Crippen MR) is 67.0 cm³/mol. The number of aliphatic hydroxyl groups is 1. The molecule has 1 amide bonds. The number of hydrogen-bond acceptors (Lipinski definition) is 4. The maximum absolute atomic E-state index is 11.5. The zero-order valence-corrected chi connectivity index (χ0v) is 10.6. The van der Waals surface area contributed by atoms with Gasteiger partial charge in [0.15, 0.2) is 0 Å². The zero-order valence-electron chi connectivity index (χ0n) is 9.83. The first-order valence-electron chi connectivity index (χ1n) is 5.20. The van der Waals surface area contributed by atoms with Crippen molar-refractivity contribution in [3.05, 3.63) is 23.4 Å². The summed E-state index contributed by atoms with van der Waals surface area (Å²) in [4.78, 5) is 15.5. The van der Waals surface area contributed by atoms with Gasteiger partial charge in [-0.2, -0.15) is 0 Å². The molecule has 6 heteroatoms. The van der Waals surface area contributed by atoms with Crippen LogP contribution >= 0.6 is 11.6 Å². The van der Waals surface area contributed by atoms with Gasteiger partial charge in [0.1, 0.15) is 5.82 Å². The van der Waals surface area contributed by atoms with Gasteiger partial charge < -0.3 is 15.7 Å². The van der Waals surface area contributed by atoms with Crippen LogP contribution in [0.2, 0.25) is 5.02 Å². The lowest BCUT2D eigenvalue weighted by Crippen LogP contribution is -2.46. The normalized spacial score (nSPS) is 11.3. The average molecular weight is 258 g/mol. The van der Waals surface area contributed by atoms with Crippen LogP contribution in [0.15, 0.2) is 18.3 Å². The summed E-state index contributed by atoms with van der Waals surface area (Å²) >= 11 is 5.67. The molecule has 0 aliphatic rings. The third kappa shape index (κ3) is 5.12. The molecule has 1 heterocycles. The second kappa shape index (κ2) is 5.95. The third-order valence-corrected chi connectivity index (χ3v) is 2.34.